The maximum absolute atomic E-state index is 13.9. The largest absolute Gasteiger partial charge is 0.497 e. The lowest BCUT2D eigenvalue weighted by Gasteiger charge is -2.33. The highest BCUT2D eigenvalue weighted by Gasteiger charge is 2.32. The smallest absolute Gasteiger partial charge is 0.255 e. The molecule has 1 aliphatic heterocycles. The van der Waals surface area contributed by atoms with E-state index >= 15 is 0 Å². The average molecular weight is 527 g/mol. The molecule has 0 spiro atoms. The summed E-state index contributed by atoms with van der Waals surface area (Å²) in [6.45, 7) is 2.04. The van der Waals surface area contributed by atoms with Crippen LogP contribution in [0.1, 0.15) is 23.7 Å². The molecule has 0 radical (unpaired) electrons. The molecule has 4 aromatic rings. The van der Waals surface area contributed by atoms with Gasteiger partial charge in [0.1, 0.15) is 5.75 Å². The van der Waals surface area contributed by atoms with Gasteiger partial charge >= 0.3 is 0 Å². The third kappa shape index (κ3) is 5.38. The fourth-order valence-corrected chi connectivity index (χ4v) is 6.20. The summed E-state index contributed by atoms with van der Waals surface area (Å²) < 4.78 is 5.21. The number of ether oxygens (including phenoxy) is 1. The van der Waals surface area contributed by atoms with Crippen molar-refractivity contribution in [1.82, 2.24) is 0 Å². The SMILES string of the molecule is CCC(Sc1ccc(NC(=O)c2cccc(OC)c2)cc1)C(=O)N1c2ccccc2Sc2ccccc21. The van der Waals surface area contributed by atoms with E-state index in [2.05, 4.69) is 17.4 Å². The van der Waals surface area contributed by atoms with Crippen LogP contribution in [0.3, 0.4) is 0 Å². The summed E-state index contributed by atoms with van der Waals surface area (Å²) in [6.07, 6.45) is 0.686. The Kier molecular flexibility index (Phi) is 7.53. The van der Waals surface area contributed by atoms with Gasteiger partial charge in [-0.2, -0.15) is 0 Å². The number of carbonyl (C=O) groups excluding carboxylic acids is 2. The van der Waals surface area contributed by atoms with E-state index in [0.717, 1.165) is 26.1 Å². The molecule has 1 N–H and O–H groups in total. The van der Waals surface area contributed by atoms with E-state index in [0.29, 0.717) is 23.4 Å². The van der Waals surface area contributed by atoms with Crippen LogP contribution in [0.4, 0.5) is 17.1 Å². The molecule has 0 bridgehead atoms. The highest BCUT2D eigenvalue weighted by molar-refractivity contribution is 8.00. The number of benzene rings is 4. The number of nitrogens with one attached hydrogen (secondary N) is 1. The summed E-state index contributed by atoms with van der Waals surface area (Å²) in [7, 11) is 1.57. The molecule has 1 unspecified atom stereocenters. The van der Waals surface area contributed by atoms with Crippen LogP contribution in [-0.4, -0.2) is 24.2 Å². The van der Waals surface area contributed by atoms with Crippen molar-refractivity contribution in [2.45, 2.75) is 33.3 Å². The monoisotopic (exact) mass is 526 g/mol. The first kappa shape index (κ1) is 25.0. The molecule has 0 aliphatic carbocycles. The zero-order valence-electron chi connectivity index (χ0n) is 20.5. The van der Waals surface area contributed by atoms with Gasteiger partial charge in [-0.1, -0.05) is 49.0 Å². The molecule has 0 aromatic heterocycles. The Morgan fingerprint density at radius 3 is 2.16 bits per heavy atom. The first-order valence-corrected chi connectivity index (χ1v) is 13.7. The van der Waals surface area contributed by atoms with Gasteiger partial charge in [0.05, 0.1) is 23.7 Å². The van der Waals surface area contributed by atoms with Crippen molar-refractivity contribution in [3.8, 4) is 5.75 Å². The van der Waals surface area contributed by atoms with Crippen LogP contribution in [-0.2, 0) is 4.79 Å². The first-order valence-electron chi connectivity index (χ1n) is 12.0. The Balaban J connectivity index is 1.32. The van der Waals surface area contributed by atoms with Crippen molar-refractivity contribution in [1.29, 1.82) is 0 Å². The van der Waals surface area contributed by atoms with Gasteiger partial charge in [0.25, 0.3) is 5.91 Å². The fourth-order valence-electron chi connectivity index (χ4n) is 4.14. The molecule has 0 saturated heterocycles. The molecule has 1 atom stereocenters. The summed E-state index contributed by atoms with van der Waals surface area (Å²) >= 11 is 3.23. The van der Waals surface area contributed by atoms with Gasteiger partial charge in [0.15, 0.2) is 0 Å². The van der Waals surface area contributed by atoms with Crippen LogP contribution in [0.15, 0.2) is 112 Å². The van der Waals surface area contributed by atoms with Gasteiger partial charge in [-0.25, -0.2) is 0 Å². The maximum Gasteiger partial charge on any atom is 0.255 e. The van der Waals surface area contributed by atoms with Crippen LogP contribution in [0.5, 0.6) is 5.75 Å². The number of para-hydroxylation sites is 2. The second kappa shape index (κ2) is 11.2. The van der Waals surface area contributed by atoms with Gasteiger partial charge in [0.2, 0.25) is 5.91 Å². The molecular weight excluding hydrogens is 500 g/mol. The molecule has 1 aliphatic rings. The number of carbonyl (C=O) groups is 2. The van der Waals surface area contributed by atoms with Crippen molar-refractivity contribution in [3.63, 3.8) is 0 Å². The maximum atomic E-state index is 13.9. The van der Waals surface area contributed by atoms with Gasteiger partial charge in [0, 0.05) is 25.9 Å². The predicted octanol–water partition coefficient (Wildman–Crippen LogP) is 7.65. The molecule has 186 valence electrons. The van der Waals surface area contributed by atoms with Gasteiger partial charge < -0.3 is 10.1 Å². The predicted molar refractivity (Wildman–Crippen MR) is 151 cm³/mol. The van der Waals surface area contributed by atoms with E-state index in [1.165, 1.54) is 0 Å². The number of fused-ring (bicyclic) bond motifs is 2. The highest BCUT2D eigenvalue weighted by atomic mass is 32.2. The normalized spacial score (nSPS) is 12.8. The second-order valence-corrected chi connectivity index (χ2v) is 10.8. The number of nitrogens with zero attached hydrogens (tertiary/aromatic N) is 1. The minimum absolute atomic E-state index is 0.0584. The molecular formula is C30H26N2O3S2. The minimum Gasteiger partial charge on any atom is -0.497 e. The summed E-state index contributed by atoms with van der Waals surface area (Å²) in [5.41, 5.74) is 3.05. The molecule has 7 heteroatoms. The Morgan fingerprint density at radius 1 is 0.892 bits per heavy atom. The van der Waals surface area contributed by atoms with E-state index in [9.17, 15) is 9.59 Å². The van der Waals surface area contributed by atoms with Crippen molar-refractivity contribution in [2.24, 2.45) is 0 Å². The van der Waals surface area contributed by atoms with Crippen molar-refractivity contribution >= 4 is 52.4 Å². The average Bonchev–Trinajstić information content (AvgIpc) is 2.95. The molecule has 1 heterocycles. The quantitative estimate of drug-likeness (QED) is 0.251. The number of anilines is 3. The lowest BCUT2D eigenvalue weighted by molar-refractivity contribution is -0.117. The lowest BCUT2D eigenvalue weighted by Crippen LogP contribution is -2.35. The van der Waals surface area contributed by atoms with Gasteiger partial charge in [-0.3, -0.25) is 14.5 Å². The van der Waals surface area contributed by atoms with Crippen LogP contribution < -0.4 is 15.0 Å². The summed E-state index contributed by atoms with van der Waals surface area (Å²) in [5, 5.41) is 2.66. The third-order valence-corrected chi connectivity index (χ3v) is 8.52. The highest BCUT2D eigenvalue weighted by Crippen LogP contribution is 2.48. The Morgan fingerprint density at radius 2 is 1.54 bits per heavy atom. The molecule has 37 heavy (non-hydrogen) atoms. The number of rotatable bonds is 7. The summed E-state index contributed by atoms with van der Waals surface area (Å²) in [4.78, 5) is 31.5. The van der Waals surface area contributed by atoms with Crippen LogP contribution in [0.25, 0.3) is 0 Å². The molecule has 5 rings (SSSR count). The van der Waals surface area contributed by atoms with E-state index in [-0.39, 0.29) is 17.1 Å². The standard InChI is InChI=1S/C30H26N2O3S2/c1-3-26(30(34)32-24-11-4-6-13-27(24)37-28-14-7-5-12-25(28)32)36-23-17-15-21(16-18-23)31-29(33)20-9-8-10-22(19-20)35-2/h4-19,26H,3H2,1-2H3,(H,31,33). The Labute approximate surface area is 225 Å². The van der Waals surface area contributed by atoms with Gasteiger partial charge in [-0.05, 0) is 73.2 Å². The van der Waals surface area contributed by atoms with Crippen LogP contribution in [0, 0.1) is 0 Å². The number of thioether (sulfide) groups is 1. The number of methoxy groups -OCH3 is 1. The number of hydrogen-bond acceptors (Lipinski definition) is 5. The van der Waals surface area contributed by atoms with E-state index < -0.39 is 0 Å². The van der Waals surface area contributed by atoms with E-state index in [4.69, 9.17) is 4.74 Å². The number of hydrogen-bond donors (Lipinski definition) is 1. The first-order chi connectivity index (χ1) is 18.1. The van der Waals surface area contributed by atoms with E-state index in [1.807, 2.05) is 72.5 Å². The second-order valence-electron chi connectivity index (χ2n) is 8.44. The van der Waals surface area contributed by atoms with Crippen molar-refractivity contribution in [3.05, 3.63) is 103 Å². The summed E-state index contributed by atoms with van der Waals surface area (Å²) in [5.74, 6) is 0.483. The summed E-state index contributed by atoms with van der Waals surface area (Å²) in [6, 6.07) is 30.7. The van der Waals surface area contributed by atoms with Crippen molar-refractivity contribution in [2.75, 3.05) is 17.3 Å². The van der Waals surface area contributed by atoms with Crippen LogP contribution in [0.2, 0.25) is 0 Å². The zero-order chi connectivity index (χ0) is 25.8. The molecule has 0 fully saturated rings. The van der Waals surface area contributed by atoms with Crippen molar-refractivity contribution < 1.29 is 14.3 Å². The molecule has 2 amide bonds. The topological polar surface area (TPSA) is 58.6 Å². The van der Waals surface area contributed by atoms with E-state index in [1.54, 1.807) is 54.9 Å². The fraction of sp³-hybridized carbons (Fsp3) is 0.133. The minimum atomic E-state index is -0.263. The lowest BCUT2D eigenvalue weighted by atomic mass is 10.2. The zero-order valence-corrected chi connectivity index (χ0v) is 22.1. The Hall–Kier alpha value is -3.68. The van der Waals surface area contributed by atoms with Gasteiger partial charge in [-0.15, -0.1) is 11.8 Å². The molecule has 4 aromatic carbocycles. The van der Waals surface area contributed by atoms with Crippen LogP contribution >= 0.6 is 23.5 Å². The molecule has 0 saturated carbocycles. The Bertz CT molecular complexity index is 1390. The third-order valence-electron chi connectivity index (χ3n) is 6.02. The molecule has 5 nitrogen and oxygen atoms in total. The number of amides is 2.